The number of hydrogen-bond acceptors (Lipinski definition) is 3. The van der Waals surface area contributed by atoms with Gasteiger partial charge < -0.3 is 9.47 Å². The number of likely N-dealkylation sites (N-methyl/N-ethyl adjacent to an activating group) is 1. The number of hydrogen-bond donors (Lipinski definition) is 0. The normalized spacial score (nSPS) is 24.0. The molecular weight excluding hydrogens is 252 g/mol. The molecule has 1 aromatic rings. The number of carbonyl (C=O) groups excluding carboxylic acids is 1. The van der Waals surface area contributed by atoms with E-state index in [9.17, 15) is 4.79 Å². The second kappa shape index (κ2) is 5.40. The third-order valence-corrected chi connectivity index (χ3v) is 4.41. The highest BCUT2D eigenvalue weighted by molar-refractivity contribution is 5.93. The van der Waals surface area contributed by atoms with Crippen LogP contribution in [0.25, 0.3) is 0 Å². The van der Waals surface area contributed by atoms with E-state index in [1.165, 1.54) is 0 Å². The lowest BCUT2D eigenvalue weighted by Gasteiger charge is -2.39. The molecule has 20 heavy (non-hydrogen) atoms. The summed E-state index contributed by atoms with van der Waals surface area (Å²) in [7, 11) is 4.12. The molecule has 5 heteroatoms. The summed E-state index contributed by atoms with van der Waals surface area (Å²) in [6.45, 7) is 2.45. The number of piperazine rings is 1. The first kappa shape index (κ1) is 13.4. The van der Waals surface area contributed by atoms with E-state index in [1.54, 1.807) is 0 Å². The molecule has 0 saturated carbocycles. The molecule has 2 aliphatic rings. The van der Waals surface area contributed by atoms with Crippen molar-refractivity contribution in [3.63, 3.8) is 0 Å². The molecule has 2 heterocycles. The maximum Gasteiger partial charge on any atom is 0.249 e. The molecule has 1 fully saturated rings. The standard InChI is InChI=1S/C15H22N4O/c1-17-9-10-19(15(20)12-5-3-4-6-12)11-13(17)14-16-7-8-18(14)2/h5,7-8,13H,3-4,6,9-11H2,1-2H3. The van der Waals surface area contributed by atoms with Crippen molar-refractivity contribution in [1.82, 2.24) is 19.4 Å². The van der Waals surface area contributed by atoms with E-state index >= 15 is 0 Å². The first-order chi connectivity index (χ1) is 9.66. The van der Waals surface area contributed by atoms with Crippen molar-refractivity contribution < 1.29 is 4.79 Å². The van der Waals surface area contributed by atoms with Gasteiger partial charge in [-0.15, -0.1) is 0 Å². The van der Waals surface area contributed by atoms with Crippen molar-refractivity contribution in [2.45, 2.75) is 25.3 Å². The number of carbonyl (C=O) groups is 1. The number of allylic oxidation sites excluding steroid dienone is 1. The van der Waals surface area contributed by atoms with Crippen molar-refractivity contribution in [3.05, 3.63) is 29.9 Å². The van der Waals surface area contributed by atoms with Crippen LogP contribution in [0.2, 0.25) is 0 Å². The summed E-state index contributed by atoms with van der Waals surface area (Å²) in [5, 5.41) is 0. The molecule has 1 amide bonds. The first-order valence-corrected chi connectivity index (χ1v) is 7.32. The number of aryl methyl sites for hydroxylation is 1. The van der Waals surface area contributed by atoms with E-state index in [0.717, 1.165) is 50.3 Å². The molecule has 1 saturated heterocycles. The van der Waals surface area contributed by atoms with Crippen LogP contribution in [0, 0.1) is 0 Å². The molecule has 1 aliphatic carbocycles. The molecule has 1 atom stereocenters. The lowest BCUT2D eigenvalue weighted by molar-refractivity contribution is -0.130. The average molecular weight is 274 g/mol. The molecule has 0 N–H and O–H groups in total. The van der Waals surface area contributed by atoms with Crippen LogP contribution >= 0.6 is 0 Å². The Kier molecular flexibility index (Phi) is 3.61. The van der Waals surface area contributed by atoms with Gasteiger partial charge in [-0.1, -0.05) is 6.08 Å². The second-order valence-electron chi connectivity index (χ2n) is 5.77. The van der Waals surface area contributed by atoms with Gasteiger partial charge in [0, 0.05) is 44.6 Å². The molecule has 108 valence electrons. The van der Waals surface area contributed by atoms with Crippen molar-refractivity contribution in [1.29, 1.82) is 0 Å². The Hall–Kier alpha value is -1.62. The van der Waals surface area contributed by atoms with Crippen LogP contribution in [0.1, 0.15) is 31.1 Å². The maximum absolute atomic E-state index is 12.5. The van der Waals surface area contributed by atoms with Gasteiger partial charge in [0.1, 0.15) is 5.82 Å². The van der Waals surface area contributed by atoms with E-state index in [0.29, 0.717) is 0 Å². The zero-order valence-electron chi connectivity index (χ0n) is 12.2. The van der Waals surface area contributed by atoms with Gasteiger partial charge in [-0.25, -0.2) is 4.98 Å². The number of nitrogens with zero attached hydrogens (tertiary/aromatic N) is 4. The quantitative estimate of drug-likeness (QED) is 0.817. The molecule has 0 radical (unpaired) electrons. The van der Waals surface area contributed by atoms with Crippen LogP contribution in [-0.4, -0.2) is 51.9 Å². The van der Waals surface area contributed by atoms with Gasteiger partial charge in [0.05, 0.1) is 6.04 Å². The zero-order chi connectivity index (χ0) is 14.1. The monoisotopic (exact) mass is 274 g/mol. The Bertz CT molecular complexity index is 534. The Balaban J connectivity index is 1.76. The van der Waals surface area contributed by atoms with Crippen LogP contribution in [0.15, 0.2) is 24.0 Å². The Morgan fingerprint density at radius 3 is 2.85 bits per heavy atom. The van der Waals surface area contributed by atoms with Crippen LogP contribution in [0.4, 0.5) is 0 Å². The molecule has 1 aliphatic heterocycles. The molecule has 0 spiro atoms. The molecule has 3 rings (SSSR count). The highest BCUT2D eigenvalue weighted by Gasteiger charge is 2.31. The van der Waals surface area contributed by atoms with E-state index < -0.39 is 0 Å². The minimum absolute atomic E-state index is 0.190. The predicted octanol–water partition coefficient (Wildman–Crippen LogP) is 1.35. The Labute approximate surface area is 119 Å². The van der Waals surface area contributed by atoms with Crippen molar-refractivity contribution in [3.8, 4) is 0 Å². The highest BCUT2D eigenvalue weighted by atomic mass is 16.2. The summed E-state index contributed by atoms with van der Waals surface area (Å²) in [6, 6.07) is 0.190. The topological polar surface area (TPSA) is 41.4 Å². The average Bonchev–Trinajstić information content (AvgIpc) is 3.10. The van der Waals surface area contributed by atoms with Gasteiger partial charge >= 0.3 is 0 Å². The van der Waals surface area contributed by atoms with Crippen LogP contribution in [0.5, 0.6) is 0 Å². The molecule has 0 bridgehead atoms. The van der Waals surface area contributed by atoms with Crippen molar-refractivity contribution in [2.75, 3.05) is 26.7 Å². The molecule has 1 unspecified atom stereocenters. The third kappa shape index (κ3) is 2.38. The summed E-state index contributed by atoms with van der Waals surface area (Å²) in [4.78, 5) is 21.3. The molecule has 1 aromatic heterocycles. The summed E-state index contributed by atoms with van der Waals surface area (Å²) in [6.07, 6.45) is 9.01. The summed E-state index contributed by atoms with van der Waals surface area (Å²) in [5.74, 6) is 1.26. The number of imidazole rings is 1. The van der Waals surface area contributed by atoms with Gasteiger partial charge in [0.15, 0.2) is 0 Å². The van der Waals surface area contributed by atoms with E-state index in [2.05, 4.69) is 23.0 Å². The summed E-state index contributed by atoms with van der Waals surface area (Å²) < 4.78 is 2.05. The van der Waals surface area contributed by atoms with Gasteiger partial charge in [-0.05, 0) is 26.3 Å². The number of amides is 1. The zero-order valence-corrected chi connectivity index (χ0v) is 12.2. The minimum atomic E-state index is 0.190. The minimum Gasteiger partial charge on any atom is -0.337 e. The lowest BCUT2D eigenvalue weighted by atomic mass is 10.1. The van der Waals surface area contributed by atoms with Gasteiger partial charge in [-0.3, -0.25) is 9.69 Å². The fraction of sp³-hybridized carbons (Fsp3) is 0.600. The number of aromatic nitrogens is 2. The maximum atomic E-state index is 12.5. The highest BCUT2D eigenvalue weighted by Crippen LogP contribution is 2.26. The van der Waals surface area contributed by atoms with Crippen molar-refractivity contribution >= 4 is 5.91 Å². The van der Waals surface area contributed by atoms with Gasteiger partial charge in [0.25, 0.3) is 0 Å². The van der Waals surface area contributed by atoms with Gasteiger partial charge in [-0.2, -0.15) is 0 Å². The van der Waals surface area contributed by atoms with Crippen LogP contribution in [0.3, 0.4) is 0 Å². The molecule has 0 aromatic carbocycles. The predicted molar refractivity (Wildman–Crippen MR) is 77.1 cm³/mol. The van der Waals surface area contributed by atoms with E-state index in [-0.39, 0.29) is 11.9 Å². The van der Waals surface area contributed by atoms with E-state index in [1.807, 2.05) is 28.9 Å². The first-order valence-electron chi connectivity index (χ1n) is 7.32. The Morgan fingerprint density at radius 2 is 2.20 bits per heavy atom. The largest absolute Gasteiger partial charge is 0.337 e. The van der Waals surface area contributed by atoms with Gasteiger partial charge in [0.2, 0.25) is 5.91 Å². The summed E-state index contributed by atoms with van der Waals surface area (Å²) in [5.41, 5.74) is 1.01. The SMILES string of the molecule is CN1CCN(C(=O)C2=CCCC2)CC1c1nccn1C. The van der Waals surface area contributed by atoms with Crippen molar-refractivity contribution in [2.24, 2.45) is 7.05 Å². The van der Waals surface area contributed by atoms with Crippen LogP contribution in [-0.2, 0) is 11.8 Å². The van der Waals surface area contributed by atoms with Crippen LogP contribution < -0.4 is 0 Å². The Morgan fingerprint density at radius 1 is 1.35 bits per heavy atom. The third-order valence-electron chi connectivity index (χ3n) is 4.41. The smallest absolute Gasteiger partial charge is 0.249 e. The second-order valence-corrected chi connectivity index (χ2v) is 5.77. The number of rotatable bonds is 2. The molecular formula is C15H22N4O. The van der Waals surface area contributed by atoms with E-state index in [4.69, 9.17) is 0 Å². The fourth-order valence-electron chi connectivity index (χ4n) is 3.10. The summed E-state index contributed by atoms with van der Waals surface area (Å²) >= 11 is 0. The lowest BCUT2D eigenvalue weighted by Crippen LogP contribution is -2.49. The molecule has 5 nitrogen and oxygen atoms in total. The fourth-order valence-corrected chi connectivity index (χ4v) is 3.10.